The quantitative estimate of drug-likeness (QED) is 0.632. The summed E-state index contributed by atoms with van der Waals surface area (Å²) in [4.78, 5) is 13.5. The van der Waals surface area contributed by atoms with E-state index in [1.807, 2.05) is 13.1 Å². The summed E-state index contributed by atoms with van der Waals surface area (Å²) in [6, 6.07) is 5.17. The number of ether oxygens (including phenoxy) is 1. The molecule has 104 valence electrons. The highest BCUT2D eigenvalue weighted by Gasteiger charge is 2.28. The van der Waals surface area contributed by atoms with E-state index in [-0.39, 0.29) is 12.1 Å². The average molecular weight is 264 g/mol. The smallest absolute Gasteiger partial charge is 0.337 e. The van der Waals surface area contributed by atoms with Crippen LogP contribution in [0.5, 0.6) is 0 Å². The highest BCUT2D eigenvalue weighted by Crippen LogP contribution is 2.31. The number of aliphatic hydroxyl groups is 1. The van der Waals surface area contributed by atoms with Gasteiger partial charge in [0.1, 0.15) is 0 Å². The van der Waals surface area contributed by atoms with Crippen LogP contribution in [0.3, 0.4) is 0 Å². The SMILES string of the molecule is COC(=O)c1ccc(N(C)CC2CC(O)C2)c(N)c1. The molecule has 0 saturated heterocycles. The molecule has 3 N–H and O–H groups in total. The van der Waals surface area contributed by atoms with Gasteiger partial charge in [-0.25, -0.2) is 4.79 Å². The second kappa shape index (κ2) is 5.48. The molecular formula is C14H20N2O3. The summed E-state index contributed by atoms with van der Waals surface area (Å²) in [5, 5.41) is 9.29. The lowest BCUT2D eigenvalue weighted by atomic mass is 9.82. The van der Waals surface area contributed by atoms with Crippen molar-refractivity contribution >= 4 is 17.3 Å². The summed E-state index contributed by atoms with van der Waals surface area (Å²) < 4.78 is 4.66. The number of nitrogens with zero attached hydrogens (tertiary/aromatic N) is 1. The van der Waals surface area contributed by atoms with Crippen molar-refractivity contribution < 1.29 is 14.6 Å². The maximum atomic E-state index is 11.4. The third kappa shape index (κ3) is 2.98. The van der Waals surface area contributed by atoms with Crippen molar-refractivity contribution in [2.24, 2.45) is 5.92 Å². The van der Waals surface area contributed by atoms with Crippen molar-refractivity contribution in [2.45, 2.75) is 18.9 Å². The van der Waals surface area contributed by atoms with Gasteiger partial charge in [0.25, 0.3) is 0 Å². The van der Waals surface area contributed by atoms with Crippen LogP contribution >= 0.6 is 0 Å². The molecule has 1 saturated carbocycles. The molecule has 5 nitrogen and oxygen atoms in total. The lowest BCUT2D eigenvalue weighted by molar-refractivity contribution is 0.0464. The predicted molar refractivity (Wildman–Crippen MR) is 74.2 cm³/mol. The Balaban J connectivity index is 2.05. The first-order valence-electron chi connectivity index (χ1n) is 6.38. The van der Waals surface area contributed by atoms with Crippen molar-refractivity contribution in [3.8, 4) is 0 Å². The molecule has 1 fully saturated rings. The van der Waals surface area contributed by atoms with Crippen LogP contribution in [0.2, 0.25) is 0 Å². The molecule has 1 aliphatic rings. The first-order chi connectivity index (χ1) is 9.01. The Bertz CT molecular complexity index is 470. The normalized spacial score (nSPS) is 21.6. The average Bonchev–Trinajstić information content (AvgIpc) is 2.35. The number of benzene rings is 1. The zero-order chi connectivity index (χ0) is 14.0. The molecule has 19 heavy (non-hydrogen) atoms. The van der Waals surface area contributed by atoms with Gasteiger partial charge in [-0.1, -0.05) is 0 Å². The number of methoxy groups -OCH3 is 1. The fourth-order valence-corrected chi connectivity index (χ4v) is 2.48. The van der Waals surface area contributed by atoms with Crippen LogP contribution in [-0.4, -0.2) is 37.9 Å². The lowest BCUT2D eigenvalue weighted by Crippen LogP contribution is -2.37. The minimum absolute atomic E-state index is 0.141. The zero-order valence-electron chi connectivity index (χ0n) is 11.3. The molecule has 0 spiro atoms. The van der Waals surface area contributed by atoms with Gasteiger partial charge in [0.15, 0.2) is 0 Å². The van der Waals surface area contributed by atoms with E-state index in [1.54, 1.807) is 12.1 Å². The summed E-state index contributed by atoms with van der Waals surface area (Å²) in [6.07, 6.45) is 1.56. The maximum Gasteiger partial charge on any atom is 0.337 e. The number of carbonyl (C=O) groups is 1. The number of esters is 1. The topological polar surface area (TPSA) is 75.8 Å². The Kier molecular flexibility index (Phi) is 3.95. The maximum absolute atomic E-state index is 11.4. The molecular weight excluding hydrogens is 244 g/mol. The van der Waals surface area contributed by atoms with Crippen LogP contribution in [0.4, 0.5) is 11.4 Å². The fraction of sp³-hybridized carbons (Fsp3) is 0.500. The number of carbonyl (C=O) groups excluding carboxylic acids is 1. The second-order valence-electron chi connectivity index (χ2n) is 5.14. The summed E-state index contributed by atoms with van der Waals surface area (Å²) in [6.45, 7) is 0.860. The van der Waals surface area contributed by atoms with Crippen LogP contribution in [0.1, 0.15) is 23.2 Å². The van der Waals surface area contributed by atoms with Gasteiger partial charge in [-0.2, -0.15) is 0 Å². The van der Waals surface area contributed by atoms with E-state index in [4.69, 9.17) is 5.73 Å². The number of anilines is 2. The Morgan fingerprint density at radius 2 is 2.21 bits per heavy atom. The van der Waals surface area contributed by atoms with Crippen LogP contribution < -0.4 is 10.6 Å². The standard InChI is InChI=1S/C14H20N2O3/c1-16(8-9-5-11(17)6-9)13-4-3-10(7-12(13)15)14(18)19-2/h3-4,7,9,11,17H,5-6,8,15H2,1-2H3. The van der Waals surface area contributed by atoms with Crippen molar-refractivity contribution in [2.75, 3.05) is 31.3 Å². The molecule has 2 rings (SSSR count). The molecule has 0 heterocycles. The molecule has 0 unspecified atom stereocenters. The molecule has 0 amide bonds. The molecule has 0 atom stereocenters. The van der Waals surface area contributed by atoms with Gasteiger partial charge in [-0.3, -0.25) is 0 Å². The summed E-state index contributed by atoms with van der Waals surface area (Å²) >= 11 is 0. The van der Waals surface area contributed by atoms with E-state index in [0.29, 0.717) is 17.2 Å². The van der Waals surface area contributed by atoms with Gasteiger partial charge in [-0.05, 0) is 37.0 Å². The Hall–Kier alpha value is -1.75. The van der Waals surface area contributed by atoms with Crippen LogP contribution in [0.25, 0.3) is 0 Å². The van der Waals surface area contributed by atoms with E-state index in [0.717, 1.165) is 25.1 Å². The van der Waals surface area contributed by atoms with Gasteiger partial charge in [0, 0.05) is 13.6 Å². The highest BCUT2D eigenvalue weighted by molar-refractivity contribution is 5.91. The Morgan fingerprint density at radius 1 is 1.53 bits per heavy atom. The van der Waals surface area contributed by atoms with Crippen LogP contribution in [0, 0.1) is 5.92 Å². The van der Waals surface area contributed by atoms with Gasteiger partial charge in [0.05, 0.1) is 30.2 Å². The number of nitrogens with two attached hydrogens (primary N) is 1. The van der Waals surface area contributed by atoms with E-state index >= 15 is 0 Å². The van der Waals surface area contributed by atoms with E-state index in [1.165, 1.54) is 7.11 Å². The van der Waals surface area contributed by atoms with Crippen molar-refractivity contribution in [3.05, 3.63) is 23.8 Å². The lowest BCUT2D eigenvalue weighted by Gasteiger charge is -2.35. The summed E-state index contributed by atoms with van der Waals surface area (Å²) in [5.74, 6) is 0.128. The Labute approximate surface area is 113 Å². The largest absolute Gasteiger partial charge is 0.465 e. The molecule has 1 aromatic rings. The number of aliphatic hydroxyl groups excluding tert-OH is 1. The zero-order valence-corrected chi connectivity index (χ0v) is 11.3. The third-order valence-electron chi connectivity index (χ3n) is 3.60. The second-order valence-corrected chi connectivity index (χ2v) is 5.14. The number of hydrogen-bond donors (Lipinski definition) is 2. The summed E-state index contributed by atoms with van der Waals surface area (Å²) in [7, 11) is 3.31. The van der Waals surface area contributed by atoms with E-state index in [9.17, 15) is 9.90 Å². The molecule has 5 heteroatoms. The molecule has 1 aliphatic carbocycles. The monoisotopic (exact) mass is 264 g/mol. The highest BCUT2D eigenvalue weighted by atomic mass is 16.5. The van der Waals surface area contributed by atoms with E-state index in [2.05, 4.69) is 9.64 Å². The molecule has 0 bridgehead atoms. The Morgan fingerprint density at radius 3 is 2.74 bits per heavy atom. The van der Waals surface area contributed by atoms with Gasteiger partial charge >= 0.3 is 5.97 Å². The van der Waals surface area contributed by atoms with Crippen molar-refractivity contribution in [3.63, 3.8) is 0 Å². The molecule has 0 aliphatic heterocycles. The number of rotatable bonds is 4. The first kappa shape index (κ1) is 13.7. The molecule has 0 aromatic heterocycles. The predicted octanol–water partition coefficient (Wildman–Crippen LogP) is 1.26. The van der Waals surface area contributed by atoms with E-state index < -0.39 is 0 Å². The van der Waals surface area contributed by atoms with Gasteiger partial charge in [0.2, 0.25) is 0 Å². The minimum Gasteiger partial charge on any atom is -0.465 e. The van der Waals surface area contributed by atoms with Crippen molar-refractivity contribution in [1.82, 2.24) is 0 Å². The van der Waals surface area contributed by atoms with Crippen molar-refractivity contribution in [1.29, 1.82) is 0 Å². The summed E-state index contributed by atoms with van der Waals surface area (Å²) in [5.41, 5.74) is 7.89. The molecule has 1 aromatic carbocycles. The number of hydrogen-bond acceptors (Lipinski definition) is 5. The number of nitrogen functional groups attached to an aromatic ring is 1. The molecule has 0 radical (unpaired) electrons. The van der Waals surface area contributed by atoms with Crippen LogP contribution in [-0.2, 0) is 4.74 Å². The van der Waals surface area contributed by atoms with Crippen LogP contribution in [0.15, 0.2) is 18.2 Å². The first-order valence-corrected chi connectivity index (χ1v) is 6.38. The fourth-order valence-electron chi connectivity index (χ4n) is 2.48. The third-order valence-corrected chi connectivity index (χ3v) is 3.60. The van der Waals surface area contributed by atoms with Gasteiger partial charge in [-0.15, -0.1) is 0 Å². The van der Waals surface area contributed by atoms with Gasteiger partial charge < -0.3 is 20.5 Å². The minimum atomic E-state index is -0.386.